The van der Waals surface area contributed by atoms with Gasteiger partial charge < -0.3 is 19.5 Å². The van der Waals surface area contributed by atoms with Gasteiger partial charge in [-0.15, -0.1) is 0 Å². The zero-order chi connectivity index (χ0) is 23.0. The lowest BCUT2D eigenvalue weighted by Gasteiger charge is -2.36. The van der Waals surface area contributed by atoms with Gasteiger partial charge in [0.1, 0.15) is 6.61 Å². The van der Waals surface area contributed by atoms with Crippen LogP contribution < -0.4 is 0 Å². The van der Waals surface area contributed by atoms with Crippen LogP contribution in [0.1, 0.15) is 64.2 Å². The fourth-order valence-corrected chi connectivity index (χ4v) is 5.56. The molecule has 2 unspecified atom stereocenters. The predicted octanol–water partition coefficient (Wildman–Crippen LogP) is 3.71. The molecule has 180 valence electrons. The van der Waals surface area contributed by atoms with Crippen molar-refractivity contribution in [2.24, 2.45) is 27.9 Å². The Balaban J connectivity index is 1.69. The first-order valence-electron chi connectivity index (χ1n) is 12.2. The summed E-state index contributed by atoms with van der Waals surface area (Å²) in [5, 5.41) is 12.8. The first-order valence-corrected chi connectivity index (χ1v) is 12.2. The lowest BCUT2D eigenvalue weighted by Crippen LogP contribution is -2.48. The molecule has 3 aliphatic rings. The quantitative estimate of drug-likeness (QED) is 0.236. The summed E-state index contributed by atoms with van der Waals surface area (Å²) in [5.74, 6) is 1.57. The summed E-state index contributed by atoms with van der Waals surface area (Å²) in [5.41, 5.74) is 7.90. The summed E-state index contributed by atoms with van der Waals surface area (Å²) in [6.45, 7) is 1.55. The molecule has 1 heterocycles. The van der Waals surface area contributed by atoms with Crippen LogP contribution in [-0.2, 0) is 14.3 Å². The molecule has 2 aliphatic carbocycles. The van der Waals surface area contributed by atoms with Crippen LogP contribution in [0.3, 0.4) is 0 Å². The van der Waals surface area contributed by atoms with Gasteiger partial charge >= 0.3 is 0 Å². The summed E-state index contributed by atoms with van der Waals surface area (Å²) >= 11 is 0. The van der Waals surface area contributed by atoms with E-state index < -0.39 is 5.54 Å². The number of aliphatic hydroxyl groups is 1. The van der Waals surface area contributed by atoms with E-state index in [1.54, 1.807) is 19.0 Å². The SMILES string of the molecule is CN(C)C(=O)[C@@]1(CC2CCCCC2CN=[N+]=[N-])COC(C2CCC(OCCCO)CC2)=N1. The second-order valence-corrected chi connectivity index (χ2v) is 9.81. The number of aliphatic hydroxyl groups excluding tert-OH is 1. The molecule has 0 aromatic carbocycles. The third-order valence-corrected chi connectivity index (χ3v) is 7.31. The molecule has 32 heavy (non-hydrogen) atoms. The number of hydrogen-bond acceptors (Lipinski definition) is 6. The number of ether oxygens (including phenoxy) is 2. The van der Waals surface area contributed by atoms with Crippen LogP contribution in [0.25, 0.3) is 10.4 Å². The van der Waals surface area contributed by atoms with Crippen LogP contribution in [0.15, 0.2) is 10.1 Å². The molecular formula is C23H39N5O4. The minimum Gasteiger partial charge on any atom is -0.478 e. The highest BCUT2D eigenvalue weighted by Crippen LogP contribution is 2.41. The lowest BCUT2D eigenvalue weighted by molar-refractivity contribution is -0.135. The minimum absolute atomic E-state index is 0.00151. The summed E-state index contributed by atoms with van der Waals surface area (Å²) in [6.07, 6.45) is 9.70. The van der Waals surface area contributed by atoms with Gasteiger partial charge in [-0.05, 0) is 55.9 Å². The highest BCUT2D eigenvalue weighted by Gasteiger charge is 2.49. The van der Waals surface area contributed by atoms with Crippen molar-refractivity contribution >= 4 is 11.8 Å². The second-order valence-electron chi connectivity index (χ2n) is 9.81. The number of likely N-dealkylation sites (N-methyl/N-ethyl adjacent to an activating group) is 1. The Morgan fingerprint density at radius 1 is 1.25 bits per heavy atom. The molecule has 0 aromatic heterocycles. The molecular weight excluding hydrogens is 410 g/mol. The Morgan fingerprint density at radius 3 is 2.62 bits per heavy atom. The number of aliphatic imine (C=N–C) groups is 1. The molecule has 9 heteroatoms. The Hall–Kier alpha value is -1.83. The van der Waals surface area contributed by atoms with E-state index in [4.69, 9.17) is 25.1 Å². The largest absolute Gasteiger partial charge is 0.478 e. The zero-order valence-corrected chi connectivity index (χ0v) is 19.6. The highest BCUT2D eigenvalue weighted by atomic mass is 16.5. The summed E-state index contributed by atoms with van der Waals surface area (Å²) in [7, 11) is 3.57. The molecule has 0 bridgehead atoms. The van der Waals surface area contributed by atoms with Gasteiger partial charge in [-0.3, -0.25) is 4.79 Å². The predicted molar refractivity (Wildman–Crippen MR) is 122 cm³/mol. The summed E-state index contributed by atoms with van der Waals surface area (Å²) < 4.78 is 12.0. The molecule has 3 atom stereocenters. The highest BCUT2D eigenvalue weighted by molar-refractivity contribution is 5.93. The van der Waals surface area contributed by atoms with Crippen molar-refractivity contribution in [1.29, 1.82) is 0 Å². The number of rotatable bonds is 10. The van der Waals surface area contributed by atoms with Crippen molar-refractivity contribution < 1.29 is 19.4 Å². The maximum atomic E-state index is 13.3. The molecule has 0 spiro atoms. The van der Waals surface area contributed by atoms with Crippen LogP contribution in [-0.4, -0.2) is 73.9 Å². The first-order chi connectivity index (χ1) is 15.5. The normalized spacial score (nSPS) is 32.5. The Morgan fingerprint density at radius 2 is 1.97 bits per heavy atom. The number of carbonyl (C=O) groups is 1. The Kier molecular flexibility index (Phi) is 9.20. The average Bonchev–Trinajstić information content (AvgIpc) is 3.23. The van der Waals surface area contributed by atoms with Crippen LogP contribution >= 0.6 is 0 Å². The molecule has 2 fully saturated rings. The number of hydrogen-bond donors (Lipinski definition) is 1. The summed E-state index contributed by atoms with van der Waals surface area (Å²) in [4.78, 5) is 22.9. The average molecular weight is 450 g/mol. The second kappa shape index (κ2) is 11.9. The lowest BCUT2D eigenvalue weighted by atomic mass is 9.72. The van der Waals surface area contributed by atoms with E-state index in [0.717, 1.165) is 57.3 Å². The van der Waals surface area contributed by atoms with Crippen molar-refractivity contribution in [2.75, 3.05) is 40.5 Å². The van der Waals surface area contributed by atoms with Crippen LogP contribution in [0, 0.1) is 17.8 Å². The van der Waals surface area contributed by atoms with Crippen molar-refractivity contribution in [3.8, 4) is 0 Å². The summed E-state index contributed by atoms with van der Waals surface area (Å²) in [6, 6.07) is 0. The van der Waals surface area contributed by atoms with Gasteiger partial charge in [0.2, 0.25) is 0 Å². The van der Waals surface area contributed by atoms with Gasteiger partial charge in [0.25, 0.3) is 5.91 Å². The smallest absolute Gasteiger partial charge is 0.253 e. The van der Waals surface area contributed by atoms with Crippen LogP contribution in [0.4, 0.5) is 0 Å². The third-order valence-electron chi connectivity index (χ3n) is 7.31. The molecule has 0 saturated heterocycles. The third kappa shape index (κ3) is 6.15. The molecule has 0 radical (unpaired) electrons. The molecule has 2 saturated carbocycles. The molecule has 3 rings (SSSR count). The van der Waals surface area contributed by atoms with Crippen LogP contribution in [0.2, 0.25) is 0 Å². The molecule has 1 aliphatic heterocycles. The number of amides is 1. The van der Waals surface area contributed by atoms with E-state index in [0.29, 0.717) is 44.4 Å². The Bertz CT molecular complexity index is 701. The molecule has 9 nitrogen and oxygen atoms in total. The van der Waals surface area contributed by atoms with Gasteiger partial charge in [-0.2, -0.15) is 0 Å². The number of carbonyl (C=O) groups excluding carboxylic acids is 1. The van der Waals surface area contributed by atoms with Crippen molar-refractivity contribution in [1.82, 2.24) is 4.90 Å². The van der Waals surface area contributed by atoms with E-state index in [1.807, 2.05) is 0 Å². The van der Waals surface area contributed by atoms with E-state index in [1.165, 1.54) is 0 Å². The van der Waals surface area contributed by atoms with Gasteiger partial charge in [-0.1, -0.05) is 30.8 Å². The van der Waals surface area contributed by atoms with Gasteiger partial charge in [0.15, 0.2) is 11.4 Å². The first kappa shape index (κ1) is 24.8. The van der Waals surface area contributed by atoms with Crippen molar-refractivity contribution in [2.45, 2.75) is 75.9 Å². The molecule has 0 aromatic rings. The molecule has 1 amide bonds. The van der Waals surface area contributed by atoms with Crippen molar-refractivity contribution in [3.05, 3.63) is 10.4 Å². The standard InChI is InChI=1S/C23H39N5O4/c1-28(2)22(30)23(14-18-6-3-4-7-19(18)15-25-27-24)16-32-21(26-23)17-8-10-20(11-9-17)31-13-5-12-29/h17-20,29H,3-16H2,1-2H3/t17?,18?,19?,20?,23-/m1/s1. The van der Waals surface area contributed by atoms with E-state index >= 15 is 0 Å². The van der Waals surface area contributed by atoms with E-state index in [9.17, 15) is 4.79 Å². The minimum atomic E-state index is -0.871. The monoisotopic (exact) mass is 449 g/mol. The number of nitrogens with zero attached hydrogens (tertiary/aromatic N) is 5. The van der Waals surface area contributed by atoms with Crippen molar-refractivity contribution in [3.63, 3.8) is 0 Å². The van der Waals surface area contributed by atoms with Crippen LogP contribution in [0.5, 0.6) is 0 Å². The molecule has 1 N–H and O–H groups in total. The maximum absolute atomic E-state index is 13.3. The van der Waals surface area contributed by atoms with Gasteiger partial charge in [-0.25, -0.2) is 4.99 Å². The van der Waals surface area contributed by atoms with Gasteiger partial charge in [0.05, 0.1) is 6.10 Å². The van der Waals surface area contributed by atoms with E-state index in [2.05, 4.69) is 10.0 Å². The number of azide groups is 1. The topological polar surface area (TPSA) is 120 Å². The van der Waals surface area contributed by atoms with Gasteiger partial charge in [0, 0.05) is 44.7 Å². The van der Waals surface area contributed by atoms with E-state index in [-0.39, 0.29) is 24.5 Å². The Labute approximate surface area is 191 Å². The maximum Gasteiger partial charge on any atom is 0.253 e. The fourth-order valence-electron chi connectivity index (χ4n) is 5.56. The fraction of sp³-hybridized carbons (Fsp3) is 0.913. The zero-order valence-electron chi connectivity index (χ0n) is 19.6.